The van der Waals surface area contributed by atoms with Gasteiger partial charge >= 0.3 is 0 Å². The monoisotopic (exact) mass is 119 g/mol. The van der Waals surface area contributed by atoms with Crippen molar-refractivity contribution in [1.82, 2.24) is 9.97 Å². The fourth-order valence-electron chi connectivity index (χ4n) is 0.485. The smallest absolute Gasteiger partial charge is 0.0924 e. The van der Waals surface area contributed by atoms with E-state index in [0.29, 0.717) is 0 Å². The molecule has 0 aliphatic heterocycles. The van der Waals surface area contributed by atoms with E-state index < -0.39 is 0 Å². The average molecular weight is 119 g/mol. The molecule has 44 valence electrons. The molecule has 1 heterocycles. The van der Waals surface area contributed by atoms with Crippen LogP contribution >= 0.6 is 0 Å². The Morgan fingerprint density at radius 2 is 2.67 bits per heavy atom. The number of aromatic amines is 1. The Bertz CT molecular complexity index is 227. The highest BCUT2D eigenvalue weighted by molar-refractivity contribution is 5.45. The summed E-state index contributed by atoms with van der Waals surface area (Å²) in [6, 6.07) is 1.88. The molecule has 0 atom stereocenters. The summed E-state index contributed by atoms with van der Waals surface area (Å²) in [7, 11) is 0. The van der Waals surface area contributed by atoms with Crippen LogP contribution in [-0.4, -0.2) is 9.97 Å². The topological polar surface area (TPSA) is 52.5 Å². The summed E-state index contributed by atoms with van der Waals surface area (Å²) in [5.74, 6) is 0. The summed E-state index contributed by atoms with van der Waals surface area (Å²) in [4.78, 5) is 6.58. The molecule has 1 aromatic heterocycles. The van der Waals surface area contributed by atoms with Gasteiger partial charge in [0.1, 0.15) is 0 Å². The number of nitrogens with zero attached hydrogens (tertiary/aromatic N) is 2. The lowest BCUT2D eigenvalue weighted by molar-refractivity contribution is 1.31. The van der Waals surface area contributed by atoms with E-state index >= 15 is 0 Å². The number of aromatic nitrogens is 2. The van der Waals surface area contributed by atoms with Crippen LogP contribution in [0.15, 0.2) is 18.6 Å². The van der Waals surface area contributed by atoms with Crippen molar-refractivity contribution < 1.29 is 0 Å². The average Bonchev–Trinajstić information content (AvgIpc) is 2.34. The summed E-state index contributed by atoms with van der Waals surface area (Å²) in [5, 5.41) is 8.09. The number of H-pyrrole nitrogens is 1. The van der Waals surface area contributed by atoms with Crippen molar-refractivity contribution in [1.29, 1.82) is 5.26 Å². The molecule has 0 unspecified atom stereocenters. The lowest BCUT2D eigenvalue weighted by Gasteiger charge is -1.74. The van der Waals surface area contributed by atoms with E-state index in [4.69, 9.17) is 5.26 Å². The van der Waals surface area contributed by atoms with Gasteiger partial charge in [-0.3, -0.25) is 0 Å². The fourth-order valence-corrected chi connectivity index (χ4v) is 0.485. The third-order valence-corrected chi connectivity index (χ3v) is 0.857. The number of nitrogens with one attached hydrogen (secondary N) is 1. The van der Waals surface area contributed by atoms with Gasteiger partial charge in [-0.25, -0.2) is 4.98 Å². The van der Waals surface area contributed by atoms with E-state index in [1.807, 2.05) is 6.07 Å². The molecule has 3 nitrogen and oxygen atoms in total. The zero-order chi connectivity index (χ0) is 6.53. The quantitative estimate of drug-likeness (QED) is 0.559. The molecule has 0 aliphatic carbocycles. The van der Waals surface area contributed by atoms with Crippen molar-refractivity contribution in [2.45, 2.75) is 0 Å². The highest BCUT2D eigenvalue weighted by Crippen LogP contribution is 1.91. The SMILES string of the molecule is N#CC=Cc1cnc[nH]1. The second-order valence-electron chi connectivity index (χ2n) is 1.47. The highest BCUT2D eigenvalue weighted by atomic mass is 14.8. The summed E-state index contributed by atoms with van der Waals surface area (Å²) < 4.78 is 0. The molecule has 0 fully saturated rings. The maximum Gasteiger partial charge on any atom is 0.0924 e. The van der Waals surface area contributed by atoms with E-state index in [9.17, 15) is 0 Å². The molecule has 1 rings (SSSR count). The molecule has 0 saturated heterocycles. The van der Waals surface area contributed by atoms with Crippen LogP contribution in [0.25, 0.3) is 6.08 Å². The van der Waals surface area contributed by atoms with Crippen LogP contribution < -0.4 is 0 Å². The Morgan fingerprint density at radius 3 is 3.22 bits per heavy atom. The van der Waals surface area contributed by atoms with E-state index in [-0.39, 0.29) is 0 Å². The zero-order valence-corrected chi connectivity index (χ0v) is 4.70. The summed E-state index contributed by atoms with van der Waals surface area (Å²) in [6.45, 7) is 0. The minimum Gasteiger partial charge on any atom is -0.345 e. The Balaban J connectivity index is 2.71. The Labute approximate surface area is 52.7 Å². The molecule has 0 radical (unpaired) electrons. The third-order valence-electron chi connectivity index (χ3n) is 0.857. The number of hydrogen-bond donors (Lipinski definition) is 1. The first-order chi connectivity index (χ1) is 4.43. The third kappa shape index (κ3) is 1.42. The predicted octanol–water partition coefficient (Wildman–Crippen LogP) is 0.946. The van der Waals surface area contributed by atoms with Crippen molar-refractivity contribution in [2.24, 2.45) is 0 Å². The number of imidazole rings is 1. The number of rotatable bonds is 1. The van der Waals surface area contributed by atoms with Gasteiger partial charge in [-0.15, -0.1) is 0 Å². The van der Waals surface area contributed by atoms with E-state index in [1.54, 1.807) is 18.6 Å². The van der Waals surface area contributed by atoms with Crippen LogP contribution in [-0.2, 0) is 0 Å². The van der Waals surface area contributed by atoms with Crippen molar-refractivity contribution in [3.63, 3.8) is 0 Å². The van der Waals surface area contributed by atoms with Crippen molar-refractivity contribution in [3.8, 4) is 6.07 Å². The van der Waals surface area contributed by atoms with Crippen molar-refractivity contribution >= 4 is 6.08 Å². The molecule has 0 aliphatic rings. The molecular formula is C6H5N3. The lowest BCUT2D eigenvalue weighted by atomic mass is 10.4. The van der Waals surface area contributed by atoms with Gasteiger partial charge in [0.15, 0.2) is 0 Å². The number of hydrogen-bond acceptors (Lipinski definition) is 2. The number of allylic oxidation sites excluding steroid dienone is 1. The van der Waals surface area contributed by atoms with Crippen LogP contribution in [0.2, 0.25) is 0 Å². The molecule has 1 N–H and O–H groups in total. The Morgan fingerprint density at radius 1 is 1.78 bits per heavy atom. The number of nitriles is 1. The summed E-state index contributed by atoms with van der Waals surface area (Å²) in [5.41, 5.74) is 0.844. The first-order valence-corrected chi connectivity index (χ1v) is 2.48. The molecular weight excluding hydrogens is 114 g/mol. The van der Waals surface area contributed by atoms with Gasteiger partial charge in [0.25, 0.3) is 0 Å². The van der Waals surface area contributed by atoms with E-state index in [1.165, 1.54) is 6.08 Å². The first kappa shape index (κ1) is 5.57. The molecule has 0 aromatic carbocycles. The maximum atomic E-state index is 8.09. The van der Waals surface area contributed by atoms with Crippen LogP contribution in [0.3, 0.4) is 0 Å². The first-order valence-electron chi connectivity index (χ1n) is 2.48. The maximum absolute atomic E-state index is 8.09. The zero-order valence-electron chi connectivity index (χ0n) is 4.70. The van der Waals surface area contributed by atoms with E-state index in [0.717, 1.165) is 5.69 Å². The summed E-state index contributed by atoms with van der Waals surface area (Å²) >= 11 is 0. The van der Waals surface area contributed by atoms with Crippen LogP contribution in [0.1, 0.15) is 5.69 Å². The van der Waals surface area contributed by atoms with Crippen LogP contribution in [0, 0.1) is 11.3 Å². The largest absolute Gasteiger partial charge is 0.345 e. The molecule has 3 heteroatoms. The molecule has 0 spiro atoms. The van der Waals surface area contributed by atoms with Gasteiger partial charge in [0.05, 0.1) is 24.3 Å². The highest BCUT2D eigenvalue weighted by Gasteiger charge is 1.81. The molecule has 0 bridgehead atoms. The second kappa shape index (κ2) is 2.68. The molecule has 1 aromatic rings. The molecule has 9 heavy (non-hydrogen) atoms. The van der Waals surface area contributed by atoms with Crippen LogP contribution in [0.5, 0.6) is 0 Å². The van der Waals surface area contributed by atoms with Crippen LogP contribution in [0.4, 0.5) is 0 Å². The lowest BCUT2D eigenvalue weighted by Crippen LogP contribution is -1.64. The molecule has 0 amide bonds. The normalized spacial score (nSPS) is 9.67. The van der Waals surface area contributed by atoms with Crippen molar-refractivity contribution in [2.75, 3.05) is 0 Å². The van der Waals surface area contributed by atoms with Gasteiger partial charge in [-0.05, 0) is 6.08 Å². The van der Waals surface area contributed by atoms with Gasteiger partial charge in [0, 0.05) is 6.08 Å². The fraction of sp³-hybridized carbons (Fsp3) is 0. The molecule has 0 saturated carbocycles. The minimum absolute atomic E-state index is 0.844. The summed E-state index contributed by atoms with van der Waals surface area (Å²) in [6.07, 6.45) is 6.27. The Kier molecular flexibility index (Phi) is 1.66. The van der Waals surface area contributed by atoms with Gasteiger partial charge in [-0.2, -0.15) is 5.26 Å². The standard InChI is InChI=1S/C6H5N3/c7-3-1-2-6-4-8-5-9-6/h1-2,4-5H,(H,8,9). The Hall–Kier alpha value is -1.56. The van der Waals surface area contributed by atoms with E-state index in [2.05, 4.69) is 9.97 Å². The van der Waals surface area contributed by atoms with Crippen molar-refractivity contribution in [3.05, 3.63) is 24.3 Å². The van der Waals surface area contributed by atoms with Gasteiger partial charge < -0.3 is 4.98 Å². The van der Waals surface area contributed by atoms with Gasteiger partial charge in [-0.1, -0.05) is 0 Å². The van der Waals surface area contributed by atoms with Gasteiger partial charge in [0.2, 0.25) is 0 Å². The predicted molar refractivity (Wildman–Crippen MR) is 33.2 cm³/mol. The second-order valence-corrected chi connectivity index (χ2v) is 1.47. The minimum atomic E-state index is 0.844.